The van der Waals surface area contributed by atoms with Crippen molar-refractivity contribution in [2.24, 2.45) is 14.1 Å². The summed E-state index contributed by atoms with van der Waals surface area (Å²) in [5.74, 6) is -0.165. The van der Waals surface area contributed by atoms with E-state index in [0.717, 1.165) is 17.3 Å². The zero-order chi connectivity index (χ0) is 23.7. The Balaban J connectivity index is 1.53. The number of carbonyl (C=O) groups excluding carboxylic acids is 1. The Morgan fingerprint density at radius 1 is 1.15 bits per heavy atom. The highest BCUT2D eigenvalue weighted by molar-refractivity contribution is 5.94. The molecule has 0 spiro atoms. The number of amides is 1. The molecule has 0 unspecified atom stereocenters. The Labute approximate surface area is 187 Å². The first-order chi connectivity index (χ1) is 15.6. The highest BCUT2D eigenvalue weighted by Crippen LogP contribution is 2.38. The summed E-state index contributed by atoms with van der Waals surface area (Å²) in [5, 5.41) is 8.23. The number of aromatic nitrogens is 6. The van der Waals surface area contributed by atoms with Crippen molar-refractivity contribution in [3.05, 3.63) is 58.8 Å². The van der Waals surface area contributed by atoms with Crippen molar-refractivity contribution in [2.45, 2.75) is 32.5 Å². The summed E-state index contributed by atoms with van der Waals surface area (Å²) in [6, 6.07) is 6.33. The van der Waals surface area contributed by atoms with Crippen molar-refractivity contribution in [3.63, 3.8) is 0 Å². The van der Waals surface area contributed by atoms with E-state index in [1.54, 1.807) is 22.8 Å². The van der Waals surface area contributed by atoms with Gasteiger partial charge in [0.15, 0.2) is 5.69 Å². The quantitative estimate of drug-likeness (QED) is 0.462. The van der Waals surface area contributed by atoms with Crippen molar-refractivity contribution in [3.8, 4) is 11.4 Å². The van der Waals surface area contributed by atoms with Gasteiger partial charge in [-0.3, -0.25) is 18.6 Å². The number of carbonyl (C=O) groups is 1. The van der Waals surface area contributed by atoms with Crippen molar-refractivity contribution in [2.75, 3.05) is 6.54 Å². The molecule has 4 aromatic heterocycles. The summed E-state index contributed by atoms with van der Waals surface area (Å²) in [5.41, 5.74) is 3.54. The Kier molecular flexibility index (Phi) is 4.62. The predicted octanol–water partition coefficient (Wildman–Crippen LogP) is 3.56. The average Bonchev–Trinajstić information content (AvgIpc) is 3.43. The van der Waals surface area contributed by atoms with Crippen LogP contribution in [-0.2, 0) is 26.7 Å². The standard InChI is InChI=1S/C22H22F3N7O/c1-12-6-5-7-18-26-11-16(32(12)18)21(33)31-9-8-14-19(13(31)2)28-30(4)20(14)15-10-17(22(23,24)25)27-29(15)3/h5-7,10-11,13H,8-9H2,1-4H3/t13-/m0/s1. The van der Waals surface area contributed by atoms with Gasteiger partial charge in [-0.15, -0.1) is 0 Å². The van der Waals surface area contributed by atoms with Gasteiger partial charge in [0.25, 0.3) is 5.91 Å². The van der Waals surface area contributed by atoms with Crippen LogP contribution in [0.3, 0.4) is 0 Å². The molecule has 5 rings (SSSR count). The van der Waals surface area contributed by atoms with Crippen LogP contribution in [0.2, 0.25) is 0 Å². The van der Waals surface area contributed by atoms with E-state index < -0.39 is 11.9 Å². The lowest BCUT2D eigenvalue weighted by Crippen LogP contribution is -2.39. The monoisotopic (exact) mass is 457 g/mol. The molecule has 1 aliphatic rings. The second kappa shape index (κ2) is 7.19. The molecule has 172 valence electrons. The van der Waals surface area contributed by atoms with E-state index in [1.165, 1.54) is 11.7 Å². The molecule has 5 heterocycles. The SMILES string of the molecule is Cc1cccc2ncc(C(=O)N3CCc4c(nn(C)c4-c4cc(C(F)(F)F)nn4C)[C@@H]3C)n12. The minimum absolute atomic E-state index is 0.165. The summed E-state index contributed by atoms with van der Waals surface area (Å²) in [6.07, 6.45) is -2.49. The topological polar surface area (TPSA) is 73.2 Å². The zero-order valence-corrected chi connectivity index (χ0v) is 18.6. The molecule has 1 aliphatic heterocycles. The number of hydrogen-bond donors (Lipinski definition) is 0. The fraction of sp³-hybridized carbons (Fsp3) is 0.364. The number of pyridine rings is 1. The van der Waals surface area contributed by atoms with E-state index >= 15 is 0 Å². The number of nitrogens with zero attached hydrogens (tertiary/aromatic N) is 7. The van der Waals surface area contributed by atoms with Gasteiger partial charge in [-0.05, 0) is 38.5 Å². The first-order valence-corrected chi connectivity index (χ1v) is 10.5. The van der Waals surface area contributed by atoms with Crippen LogP contribution in [0.4, 0.5) is 13.2 Å². The lowest BCUT2D eigenvalue weighted by atomic mass is 9.97. The molecule has 0 aromatic carbocycles. The van der Waals surface area contributed by atoms with Crippen LogP contribution in [0.5, 0.6) is 0 Å². The van der Waals surface area contributed by atoms with E-state index in [4.69, 9.17) is 0 Å². The number of fused-ring (bicyclic) bond motifs is 2. The second-order valence-electron chi connectivity index (χ2n) is 8.30. The van der Waals surface area contributed by atoms with Crippen molar-refractivity contribution in [1.82, 2.24) is 33.8 Å². The van der Waals surface area contributed by atoms with Gasteiger partial charge in [0, 0.05) is 31.9 Å². The van der Waals surface area contributed by atoms with Crippen molar-refractivity contribution < 1.29 is 18.0 Å². The molecule has 8 nitrogen and oxygen atoms in total. The summed E-state index contributed by atoms with van der Waals surface area (Å²) >= 11 is 0. The molecule has 11 heteroatoms. The molecule has 0 aliphatic carbocycles. The van der Waals surface area contributed by atoms with Crippen molar-refractivity contribution >= 4 is 11.6 Å². The first kappa shape index (κ1) is 21.2. The molecule has 1 amide bonds. The Hall–Kier alpha value is -3.63. The molecule has 33 heavy (non-hydrogen) atoms. The number of imidazole rings is 1. The average molecular weight is 457 g/mol. The van der Waals surface area contributed by atoms with E-state index in [0.29, 0.717) is 41.4 Å². The van der Waals surface area contributed by atoms with E-state index in [9.17, 15) is 18.0 Å². The Morgan fingerprint density at radius 2 is 1.91 bits per heavy atom. The minimum atomic E-state index is -4.53. The summed E-state index contributed by atoms with van der Waals surface area (Å²) in [4.78, 5) is 19.6. The highest BCUT2D eigenvalue weighted by Gasteiger charge is 2.38. The molecule has 0 saturated heterocycles. The maximum absolute atomic E-state index is 13.5. The number of hydrogen-bond acceptors (Lipinski definition) is 4. The molecule has 0 saturated carbocycles. The normalized spacial score (nSPS) is 16.5. The number of aryl methyl sites for hydroxylation is 3. The number of rotatable bonds is 2. The van der Waals surface area contributed by atoms with Gasteiger partial charge in [0.05, 0.1) is 29.3 Å². The maximum atomic E-state index is 13.5. The van der Waals surface area contributed by atoms with E-state index in [-0.39, 0.29) is 11.9 Å². The second-order valence-corrected chi connectivity index (χ2v) is 8.30. The molecular weight excluding hydrogens is 435 g/mol. The van der Waals surface area contributed by atoms with Crippen LogP contribution in [0.25, 0.3) is 17.0 Å². The van der Waals surface area contributed by atoms with Crippen LogP contribution < -0.4 is 0 Å². The molecular formula is C22H22F3N7O. The van der Waals surface area contributed by atoms with Gasteiger partial charge in [0.2, 0.25) is 0 Å². The third kappa shape index (κ3) is 3.21. The molecule has 0 bridgehead atoms. The van der Waals surface area contributed by atoms with Crippen LogP contribution in [0.15, 0.2) is 30.5 Å². The molecule has 1 atom stereocenters. The smallest absolute Gasteiger partial charge is 0.329 e. The number of alkyl halides is 3. The van der Waals surface area contributed by atoms with Crippen LogP contribution in [0.1, 0.15) is 46.1 Å². The lowest BCUT2D eigenvalue weighted by molar-refractivity contribution is -0.141. The summed E-state index contributed by atoms with van der Waals surface area (Å²) in [6.45, 7) is 4.21. The van der Waals surface area contributed by atoms with Gasteiger partial charge < -0.3 is 4.90 Å². The molecule has 0 radical (unpaired) electrons. The molecule has 4 aromatic rings. The summed E-state index contributed by atoms with van der Waals surface area (Å²) < 4.78 is 44.2. The highest BCUT2D eigenvalue weighted by atomic mass is 19.4. The van der Waals surface area contributed by atoms with E-state index in [2.05, 4.69) is 15.2 Å². The van der Waals surface area contributed by atoms with Crippen LogP contribution in [0, 0.1) is 6.92 Å². The fourth-order valence-electron chi connectivity index (χ4n) is 4.67. The Morgan fingerprint density at radius 3 is 2.61 bits per heavy atom. The first-order valence-electron chi connectivity index (χ1n) is 10.5. The Bertz CT molecular complexity index is 1400. The maximum Gasteiger partial charge on any atom is 0.435 e. The van der Waals surface area contributed by atoms with Gasteiger partial charge >= 0.3 is 6.18 Å². The van der Waals surface area contributed by atoms with Crippen LogP contribution in [-0.4, -0.2) is 46.3 Å². The van der Waals surface area contributed by atoms with Crippen molar-refractivity contribution in [1.29, 1.82) is 0 Å². The third-order valence-electron chi connectivity index (χ3n) is 6.26. The predicted molar refractivity (Wildman–Crippen MR) is 113 cm³/mol. The van der Waals surface area contributed by atoms with Gasteiger partial charge in [0.1, 0.15) is 11.3 Å². The largest absolute Gasteiger partial charge is 0.435 e. The number of halogens is 3. The van der Waals surface area contributed by atoms with Gasteiger partial charge in [-0.25, -0.2) is 4.98 Å². The van der Waals surface area contributed by atoms with E-state index in [1.807, 2.05) is 36.4 Å². The fourth-order valence-corrected chi connectivity index (χ4v) is 4.67. The minimum Gasteiger partial charge on any atom is -0.329 e. The van der Waals surface area contributed by atoms with Gasteiger partial charge in [-0.1, -0.05) is 6.07 Å². The summed E-state index contributed by atoms with van der Waals surface area (Å²) in [7, 11) is 3.18. The van der Waals surface area contributed by atoms with Crippen LogP contribution >= 0.6 is 0 Å². The van der Waals surface area contributed by atoms with Gasteiger partial charge in [-0.2, -0.15) is 23.4 Å². The molecule has 0 fully saturated rings. The lowest BCUT2D eigenvalue weighted by Gasteiger charge is -2.32. The third-order valence-corrected chi connectivity index (χ3v) is 6.26. The zero-order valence-electron chi connectivity index (χ0n) is 18.6. The molecule has 0 N–H and O–H groups in total.